The average molecular weight is 373 g/mol. The minimum Gasteiger partial charge on any atom is -0.469 e. The van der Waals surface area contributed by atoms with Crippen LogP contribution in [0.4, 0.5) is 0 Å². The smallest absolute Gasteiger partial charge is 0.191 e. The van der Waals surface area contributed by atoms with E-state index in [0.29, 0.717) is 5.92 Å². The number of nitrogens with one attached hydrogen (secondary N) is 2. The first kappa shape index (κ1) is 19.5. The number of aliphatic imine (C=N–C) groups is 1. The van der Waals surface area contributed by atoms with Crippen molar-refractivity contribution in [3.8, 4) is 0 Å². The van der Waals surface area contributed by atoms with Crippen molar-refractivity contribution in [3.63, 3.8) is 0 Å². The zero-order valence-corrected chi connectivity index (χ0v) is 16.5. The molecule has 27 heavy (non-hydrogen) atoms. The van der Waals surface area contributed by atoms with Crippen LogP contribution in [0.3, 0.4) is 0 Å². The molecule has 1 fully saturated rings. The fourth-order valence-electron chi connectivity index (χ4n) is 3.34. The van der Waals surface area contributed by atoms with E-state index in [9.17, 15) is 0 Å². The lowest BCUT2D eigenvalue weighted by molar-refractivity contribution is 0.215. The molecule has 1 atom stereocenters. The van der Waals surface area contributed by atoms with Gasteiger partial charge in [0.15, 0.2) is 5.96 Å². The SMILES string of the molecule is CC(C)CN=C(NCCc1ccco1)NCC(c1ccco1)N1CCCC1. The molecular weight excluding hydrogens is 340 g/mol. The number of rotatable bonds is 9. The normalized spacial score (nSPS) is 16.8. The van der Waals surface area contributed by atoms with Crippen molar-refractivity contribution in [1.82, 2.24) is 15.5 Å². The third kappa shape index (κ3) is 6.17. The highest BCUT2D eigenvalue weighted by molar-refractivity contribution is 5.79. The van der Waals surface area contributed by atoms with Gasteiger partial charge in [-0.3, -0.25) is 9.89 Å². The summed E-state index contributed by atoms with van der Waals surface area (Å²) in [5.74, 6) is 3.37. The van der Waals surface area contributed by atoms with Gasteiger partial charge in [0, 0.05) is 26.1 Å². The van der Waals surface area contributed by atoms with Gasteiger partial charge in [-0.05, 0) is 56.1 Å². The Morgan fingerprint density at radius 3 is 2.56 bits per heavy atom. The Labute approximate surface area is 162 Å². The van der Waals surface area contributed by atoms with Crippen LogP contribution < -0.4 is 10.6 Å². The van der Waals surface area contributed by atoms with Crippen LogP contribution in [-0.2, 0) is 6.42 Å². The van der Waals surface area contributed by atoms with E-state index >= 15 is 0 Å². The molecule has 0 aliphatic carbocycles. The topological polar surface area (TPSA) is 65.9 Å². The van der Waals surface area contributed by atoms with Crippen LogP contribution in [0.2, 0.25) is 0 Å². The van der Waals surface area contributed by atoms with E-state index in [1.54, 1.807) is 12.5 Å². The second-order valence-corrected chi connectivity index (χ2v) is 7.49. The van der Waals surface area contributed by atoms with E-state index in [4.69, 9.17) is 13.8 Å². The van der Waals surface area contributed by atoms with Crippen molar-refractivity contribution in [2.24, 2.45) is 10.9 Å². The van der Waals surface area contributed by atoms with Gasteiger partial charge in [0.2, 0.25) is 0 Å². The molecule has 2 N–H and O–H groups in total. The highest BCUT2D eigenvalue weighted by atomic mass is 16.3. The molecule has 6 nitrogen and oxygen atoms in total. The standard InChI is InChI=1S/C21H32N4O2/c1-17(2)15-23-21(22-10-9-18-7-5-13-26-18)24-16-19(20-8-6-14-27-20)25-11-3-4-12-25/h5-8,13-14,17,19H,3-4,9-12,15-16H2,1-2H3,(H2,22,23,24). The third-order valence-corrected chi connectivity index (χ3v) is 4.77. The Morgan fingerprint density at radius 1 is 1.11 bits per heavy atom. The molecule has 0 saturated carbocycles. The van der Waals surface area contributed by atoms with Gasteiger partial charge >= 0.3 is 0 Å². The summed E-state index contributed by atoms with van der Waals surface area (Å²) in [5, 5.41) is 6.96. The number of likely N-dealkylation sites (tertiary alicyclic amines) is 1. The monoisotopic (exact) mass is 372 g/mol. The molecule has 6 heteroatoms. The fourth-order valence-corrected chi connectivity index (χ4v) is 3.34. The molecule has 2 aromatic heterocycles. The Bertz CT molecular complexity index is 658. The van der Waals surface area contributed by atoms with Gasteiger partial charge in [0.1, 0.15) is 11.5 Å². The molecule has 0 amide bonds. The van der Waals surface area contributed by atoms with E-state index in [1.807, 2.05) is 18.2 Å². The predicted molar refractivity (Wildman–Crippen MR) is 108 cm³/mol. The molecule has 1 aliphatic rings. The molecule has 3 heterocycles. The van der Waals surface area contributed by atoms with E-state index in [2.05, 4.69) is 35.4 Å². The van der Waals surface area contributed by atoms with E-state index in [1.165, 1.54) is 12.8 Å². The first-order valence-corrected chi connectivity index (χ1v) is 10.0. The van der Waals surface area contributed by atoms with Crippen molar-refractivity contribution in [2.45, 2.75) is 39.2 Å². The summed E-state index contributed by atoms with van der Waals surface area (Å²) >= 11 is 0. The largest absolute Gasteiger partial charge is 0.469 e. The predicted octanol–water partition coefficient (Wildman–Crippen LogP) is 3.44. The molecule has 3 rings (SSSR count). The number of hydrogen-bond acceptors (Lipinski definition) is 4. The van der Waals surface area contributed by atoms with Crippen molar-refractivity contribution in [2.75, 3.05) is 32.7 Å². The van der Waals surface area contributed by atoms with Crippen LogP contribution in [0, 0.1) is 5.92 Å². The fraction of sp³-hybridized carbons (Fsp3) is 0.571. The van der Waals surface area contributed by atoms with Crippen molar-refractivity contribution >= 4 is 5.96 Å². The molecular formula is C21H32N4O2. The zero-order valence-electron chi connectivity index (χ0n) is 16.5. The van der Waals surface area contributed by atoms with Crippen molar-refractivity contribution in [1.29, 1.82) is 0 Å². The maximum atomic E-state index is 5.71. The maximum Gasteiger partial charge on any atom is 0.191 e. The third-order valence-electron chi connectivity index (χ3n) is 4.77. The molecule has 0 aromatic carbocycles. The quantitative estimate of drug-likeness (QED) is 0.521. The van der Waals surface area contributed by atoms with Gasteiger partial charge in [-0.25, -0.2) is 0 Å². The minimum absolute atomic E-state index is 0.235. The molecule has 0 spiro atoms. The molecule has 0 bridgehead atoms. The van der Waals surface area contributed by atoms with Gasteiger partial charge < -0.3 is 19.5 Å². The molecule has 2 aromatic rings. The van der Waals surface area contributed by atoms with Crippen LogP contribution in [0.25, 0.3) is 0 Å². The zero-order chi connectivity index (χ0) is 18.9. The summed E-state index contributed by atoms with van der Waals surface area (Å²) in [6.07, 6.45) is 6.82. The summed E-state index contributed by atoms with van der Waals surface area (Å²) < 4.78 is 11.1. The van der Waals surface area contributed by atoms with Gasteiger partial charge in [0.05, 0.1) is 18.6 Å². The minimum atomic E-state index is 0.235. The summed E-state index contributed by atoms with van der Waals surface area (Å²) in [6.45, 7) is 8.96. The first-order chi connectivity index (χ1) is 13.2. The highest BCUT2D eigenvalue weighted by Gasteiger charge is 2.25. The lowest BCUT2D eigenvalue weighted by atomic mass is 10.2. The van der Waals surface area contributed by atoms with Gasteiger partial charge in [-0.15, -0.1) is 0 Å². The van der Waals surface area contributed by atoms with E-state index < -0.39 is 0 Å². The molecule has 148 valence electrons. The first-order valence-electron chi connectivity index (χ1n) is 10.0. The number of hydrogen-bond donors (Lipinski definition) is 2. The summed E-state index contributed by atoms with van der Waals surface area (Å²) in [4.78, 5) is 7.23. The van der Waals surface area contributed by atoms with Gasteiger partial charge in [-0.1, -0.05) is 13.8 Å². The Morgan fingerprint density at radius 2 is 1.89 bits per heavy atom. The van der Waals surface area contributed by atoms with Crippen LogP contribution in [-0.4, -0.2) is 43.6 Å². The Kier molecular flexibility index (Phi) is 7.39. The number of guanidine groups is 1. The summed E-state index contributed by atoms with van der Waals surface area (Å²) in [6, 6.07) is 8.19. The lowest BCUT2D eigenvalue weighted by Gasteiger charge is -2.27. The lowest BCUT2D eigenvalue weighted by Crippen LogP contribution is -2.43. The summed E-state index contributed by atoms with van der Waals surface area (Å²) in [5.41, 5.74) is 0. The van der Waals surface area contributed by atoms with E-state index in [0.717, 1.165) is 56.6 Å². The van der Waals surface area contributed by atoms with Crippen LogP contribution in [0.5, 0.6) is 0 Å². The van der Waals surface area contributed by atoms with Crippen LogP contribution >= 0.6 is 0 Å². The highest BCUT2D eigenvalue weighted by Crippen LogP contribution is 2.24. The van der Waals surface area contributed by atoms with Crippen molar-refractivity contribution < 1.29 is 8.83 Å². The van der Waals surface area contributed by atoms with E-state index in [-0.39, 0.29) is 6.04 Å². The molecule has 1 aliphatic heterocycles. The van der Waals surface area contributed by atoms with Crippen LogP contribution in [0.1, 0.15) is 44.3 Å². The molecule has 0 radical (unpaired) electrons. The molecule has 1 unspecified atom stereocenters. The van der Waals surface area contributed by atoms with Gasteiger partial charge in [0.25, 0.3) is 0 Å². The number of nitrogens with zero attached hydrogens (tertiary/aromatic N) is 2. The van der Waals surface area contributed by atoms with Gasteiger partial charge in [-0.2, -0.15) is 0 Å². The molecule has 1 saturated heterocycles. The second kappa shape index (κ2) is 10.2. The summed E-state index contributed by atoms with van der Waals surface area (Å²) in [7, 11) is 0. The number of furan rings is 2. The second-order valence-electron chi connectivity index (χ2n) is 7.49. The van der Waals surface area contributed by atoms with Crippen molar-refractivity contribution in [3.05, 3.63) is 48.3 Å². The van der Waals surface area contributed by atoms with Crippen LogP contribution in [0.15, 0.2) is 50.6 Å². The average Bonchev–Trinajstić information content (AvgIpc) is 3.42. The Hall–Kier alpha value is -2.21. The maximum absolute atomic E-state index is 5.71. The Balaban J connectivity index is 1.58.